The molecule has 0 saturated carbocycles. The SMILES string of the molecule is O=C(CCCn1cncn1)N1CCCCC[C@@H]1/C=C/c1ccccc1. The van der Waals surface area contributed by atoms with E-state index in [-0.39, 0.29) is 11.9 Å². The van der Waals surface area contributed by atoms with E-state index in [1.54, 1.807) is 11.0 Å². The maximum Gasteiger partial charge on any atom is 0.223 e. The molecule has 0 bridgehead atoms. The second-order valence-corrected chi connectivity index (χ2v) is 6.54. The highest BCUT2D eigenvalue weighted by molar-refractivity contribution is 5.77. The molecule has 2 aromatic rings. The van der Waals surface area contributed by atoms with Crippen molar-refractivity contribution in [1.29, 1.82) is 0 Å². The van der Waals surface area contributed by atoms with Gasteiger partial charge in [-0.25, -0.2) is 4.98 Å². The molecule has 1 saturated heterocycles. The Morgan fingerprint density at radius 3 is 2.88 bits per heavy atom. The van der Waals surface area contributed by atoms with Gasteiger partial charge in [-0.1, -0.05) is 55.3 Å². The molecule has 3 rings (SSSR count). The van der Waals surface area contributed by atoms with Crippen molar-refractivity contribution in [3.05, 3.63) is 54.6 Å². The molecule has 0 unspecified atom stereocenters. The number of aromatic nitrogens is 3. The minimum atomic E-state index is 0.210. The molecule has 132 valence electrons. The molecule has 1 aliphatic rings. The van der Waals surface area contributed by atoms with Crippen LogP contribution < -0.4 is 0 Å². The fourth-order valence-corrected chi connectivity index (χ4v) is 3.31. The molecule has 1 aromatic carbocycles. The van der Waals surface area contributed by atoms with Crippen molar-refractivity contribution in [2.75, 3.05) is 6.54 Å². The fraction of sp³-hybridized carbons (Fsp3) is 0.450. The Bertz CT molecular complexity index is 666. The van der Waals surface area contributed by atoms with Crippen molar-refractivity contribution < 1.29 is 4.79 Å². The van der Waals surface area contributed by atoms with Gasteiger partial charge in [0.15, 0.2) is 0 Å². The van der Waals surface area contributed by atoms with Gasteiger partial charge in [-0.3, -0.25) is 9.48 Å². The van der Waals surface area contributed by atoms with Crippen LogP contribution in [0.5, 0.6) is 0 Å². The summed E-state index contributed by atoms with van der Waals surface area (Å²) in [7, 11) is 0. The third-order valence-electron chi connectivity index (χ3n) is 4.67. The van der Waals surface area contributed by atoms with E-state index in [1.165, 1.54) is 24.7 Å². The summed E-state index contributed by atoms with van der Waals surface area (Å²) in [4.78, 5) is 18.8. The van der Waals surface area contributed by atoms with Crippen LogP contribution in [0.25, 0.3) is 6.08 Å². The number of rotatable bonds is 6. The number of likely N-dealkylation sites (tertiary alicyclic amines) is 1. The van der Waals surface area contributed by atoms with E-state index in [0.29, 0.717) is 6.42 Å². The number of benzene rings is 1. The minimum Gasteiger partial charge on any atom is -0.336 e. The van der Waals surface area contributed by atoms with E-state index in [9.17, 15) is 4.79 Å². The van der Waals surface area contributed by atoms with Gasteiger partial charge in [-0.2, -0.15) is 5.10 Å². The smallest absolute Gasteiger partial charge is 0.223 e. The Balaban J connectivity index is 1.59. The lowest BCUT2D eigenvalue weighted by molar-refractivity contribution is -0.132. The Labute approximate surface area is 149 Å². The zero-order valence-corrected chi connectivity index (χ0v) is 14.6. The summed E-state index contributed by atoms with van der Waals surface area (Å²) >= 11 is 0. The van der Waals surface area contributed by atoms with Gasteiger partial charge in [-0.15, -0.1) is 0 Å². The van der Waals surface area contributed by atoms with Gasteiger partial charge in [0.05, 0.1) is 6.04 Å². The molecule has 1 amide bonds. The fourth-order valence-electron chi connectivity index (χ4n) is 3.31. The first-order valence-electron chi connectivity index (χ1n) is 9.18. The second kappa shape index (κ2) is 9.16. The van der Waals surface area contributed by atoms with Crippen molar-refractivity contribution in [3.8, 4) is 0 Å². The van der Waals surface area contributed by atoms with Crippen LogP contribution in [0.2, 0.25) is 0 Å². The lowest BCUT2D eigenvalue weighted by Gasteiger charge is -2.28. The van der Waals surface area contributed by atoms with Gasteiger partial charge in [0.2, 0.25) is 5.91 Å². The number of aryl methyl sites for hydroxylation is 1. The summed E-state index contributed by atoms with van der Waals surface area (Å²) in [5, 5.41) is 4.09. The average molecular weight is 338 g/mol. The van der Waals surface area contributed by atoms with Crippen molar-refractivity contribution >= 4 is 12.0 Å². The highest BCUT2D eigenvalue weighted by Crippen LogP contribution is 2.20. The molecule has 1 atom stereocenters. The second-order valence-electron chi connectivity index (χ2n) is 6.54. The van der Waals surface area contributed by atoms with Crippen molar-refractivity contribution in [1.82, 2.24) is 19.7 Å². The highest BCUT2D eigenvalue weighted by Gasteiger charge is 2.23. The van der Waals surface area contributed by atoms with E-state index in [2.05, 4.69) is 39.3 Å². The monoisotopic (exact) mass is 338 g/mol. The van der Waals surface area contributed by atoms with Crippen molar-refractivity contribution in [2.45, 2.75) is 51.1 Å². The molecule has 5 nitrogen and oxygen atoms in total. The lowest BCUT2D eigenvalue weighted by atomic mass is 10.1. The van der Waals surface area contributed by atoms with Crippen LogP contribution in [0.4, 0.5) is 0 Å². The van der Waals surface area contributed by atoms with Crippen LogP contribution >= 0.6 is 0 Å². The van der Waals surface area contributed by atoms with Crippen LogP contribution in [0.1, 0.15) is 44.1 Å². The standard InChI is InChI=1S/C20H26N4O/c25-20(11-7-14-23-17-21-16-22-23)24-15-6-2-5-10-19(24)13-12-18-8-3-1-4-9-18/h1,3-4,8-9,12-13,16-17,19H,2,5-7,10-11,14-15H2/b13-12+/t19-/m1/s1. The van der Waals surface area contributed by atoms with E-state index < -0.39 is 0 Å². The highest BCUT2D eigenvalue weighted by atomic mass is 16.2. The number of carbonyl (C=O) groups excluding carboxylic acids is 1. The predicted octanol–water partition coefficient (Wildman–Crippen LogP) is 3.54. The predicted molar refractivity (Wildman–Crippen MR) is 98.7 cm³/mol. The first-order valence-corrected chi connectivity index (χ1v) is 9.18. The molecule has 1 aliphatic heterocycles. The molecule has 0 radical (unpaired) electrons. The third kappa shape index (κ3) is 5.28. The number of carbonyl (C=O) groups is 1. The maximum atomic E-state index is 12.7. The van der Waals surface area contributed by atoms with Crippen LogP contribution in [0, 0.1) is 0 Å². The van der Waals surface area contributed by atoms with Crippen LogP contribution in [-0.4, -0.2) is 38.2 Å². The molecular formula is C20H26N4O. The first-order chi connectivity index (χ1) is 12.3. The Hall–Kier alpha value is -2.43. The summed E-state index contributed by atoms with van der Waals surface area (Å²) < 4.78 is 1.78. The summed E-state index contributed by atoms with van der Waals surface area (Å²) in [5.41, 5.74) is 1.19. The molecule has 0 aliphatic carbocycles. The van der Waals surface area contributed by atoms with Crippen LogP contribution in [0.15, 0.2) is 49.1 Å². The third-order valence-corrected chi connectivity index (χ3v) is 4.67. The van der Waals surface area contributed by atoms with Crippen molar-refractivity contribution in [2.24, 2.45) is 0 Å². The van der Waals surface area contributed by atoms with Crippen LogP contribution in [-0.2, 0) is 11.3 Å². The zero-order chi connectivity index (χ0) is 17.3. The average Bonchev–Trinajstić information content (AvgIpc) is 3.04. The number of amides is 1. The largest absolute Gasteiger partial charge is 0.336 e. The maximum absolute atomic E-state index is 12.7. The number of nitrogens with zero attached hydrogens (tertiary/aromatic N) is 4. The summed E-state index contributed by atoms with van der Waals surface area (Å²) in [6.07, 6.45) is 13.5. The van der Waals surface area contributed by atoms with E-state index in [0.717, 1.165) is 32.4 Å². The first kappa shape index (κ1) is 17.4. The van der Waals surface area contributed by atoms with Gasteiger partial charge in [0.1, 0.15) is 12.7 Å². The number of hydrogen-bond acceptors (Lipinski definition) is 3. The summed E-state index contributed by atoms with van der Waals surface area (Å²) in [5.74, 6) is 0.254. The molecule has 0 N–H and O–H groups in total. The molecular weight excluding hydrogens is 312 g/mol. The van der Waals surface area contributed by atoms with Gasteiger partial charge in [0.25, 0.3) is 0 Å². The quantitative estimate of drug-likeness (QED) is 0.809. The van der Waals surface area contributed by atoms with Crippen molar-refractivity contribution in [3.63, 3.8) is 0 Å². The molecule has 5 heteroatoms. The Morgan fingerprint density at radius 2 is 2.08 bits per heavy atom. The van der Waals surface area contributed by atoms with Gasteiger partial charge >= 0.3 is 0 Å². The Morgan fingerprint density at radius 1 is 1.20 bits per heavy atom. The topological polar surface area (TPSA) is 51.0 Å². The molecule has 2 heterocycles. The minimum absolute atomic E-state index is 0.210. The summed E-state index contributed by atoms with van der Waals surface area (Å²) in [6.45, 7) is 1.61. The molecule has 0 spiro atoms. The van der Waals surface area contributed by atoms with Crippen LogP contribution in [0.3, 0.4) is 0 Å². The summed E-state index contributed by atoms with van der Waals surface area (Å²) in [6, 6.07) is 10.5. The normalized spacial score (nSPS) is 18.4. The Kier molecular flexibility index (Phi) is 6.37. The number of hydrogen-bond donors (Lipinski definition) is 0. The zero-order valence-electron chi connectivity index (χ0n) is 14.6. The van der Waals surface area contributed by atoms with E-state index in [4.69, 9.17) is 0 Å². The van der Waals surface area contributed by atoms with Gasteiger partial charge < -0.3 is 4.90 Å². The van der Waals surface area contributed by atoms with E-state index >= 15 is 0 Å². The van der Waals surface area contributed by atoms with E-state index in [1.807, 2.05) is 18.2 Å². The molecule has 1 aromatic heterocycles. The lowest BCUT2D eigenvalue weighted by Crippen LogP contribution is -2.38. The van der Waals surface area contributed by atoms with Gasteiger partial charge in [0, 0.05) is 19.5 Å². The molecule has 1 fully saturated rings. The van der Waals surface area contributed by atoms with Gasteiger partial charge in [-0.05, 0) is 24.8 Å². The molecule has 25 heavy (non-hydrogen) atoms.